The van der Waals surface area contributed by atoms with E-state index in [-0.39, 0.29) is 11.6 Å². The second kappa shape index (κ2) is 10.2. The number of aromatic nitrogens is 4. The molecule has 8 nitrogen and oxygen atoms in total. The largest absolute Gasteiger partial charge is 0.475 e. The summed E-state index contributed by atoms with van der Waals surface area (Å²) in [6.45, 7) is 4.89. The van der Waals surface area contributed by atoms with Crippen LogP contribution in [0.25, 0.3) is 11.0 Å². The number of rotatable bonds is 9. The molecule has 0 unspecified atom stereocenters. The minimum Gasteiger partial charge on any atom is -0.475 e. The van der Waals surface area contributed by atoms with Crippen molar-refractivity contribution in [1.29, 1.82) is 0 Å². The third-order valence-electron chi connectivity index (χ3n) is 5.13. The van der Waals surface area contributed by atoms with Gasteiger partial charge in [0.25, 0.3) is 5.56 Å². The molecule has 8 heteroatoms. The first-order valence-corrected chi connectivity index (χ1v) is 10.8. The molecule has 0 spiro atoms. The van der Waals surface area contributed by atoms with Crippen molar-refractivity contribution >= 4 is 22.7 Å². The first-order chi connectivity index (χ1) is 16.0. The van der Waals surface area contributed by atoms with Crippen LogP contribution in [-0.4, -0.2) is 39.8 Å². The molecule has 0 radical (unpaired) electrons. The van der Waals surface area contributed by atoms with Gasteiger partial charge in [0, 0.05) is 42.8 Å². The van der Waals surface area contributed by atoms with Gasteiger partial charge in [-0.15, -0.1) is 0 Å². The van der Waals surface area contributed by atoms with Crippen LogP contribution in [0.15, 0.2) is 65.7 Å². The Balaban J connectivity index is 1.62. The van der Waals surface area contributed by atoms with Crippen molar-refractivity contribution < 1.29 is 9.47 Å². The Kier molecular flexibility index (Phi) is 6.95. The van der Waals surface area contributed by atoms with Crippen LogP contribution in [0.3, 0.4) is 0 Å². The lowest BCUT2D eigenvalue weighted by Crippen LogP contribution is -2.26. The summed E-state index contributed by atoms with van der Waals surface area (Å²) in [7, 11) is 1.62. The second-order valence-electron chi connectivity index (χ2n) is 7.92. The Hall–Kier alpha value is -3.78. The minimum atomic E-state index is -0.0522. The number of hydrogen-bond donors (Lipinski definition) is 1. The van der Waals surface area contributed by atoms with E-state index in [1.165, 1.54) is 0 Å². The van der Waals surface area contributed by atoms with E-state index >= 15 is 0 Å². The molecule has 1 aromatic carbocycles. The van der Waals surface area contributed by atoms with Gasteiger partial charge in [0.2, 0.25) is 11.8 Å². The summed E-state index contributed by atoms with van der Waals surface area (Å²) in [6, 6.07) is 15.4. The highest BCUT2D eigenvalue weighted by Gasteiger charge is 2.15. The van der Waals surface area contributed by atoms with Gasteiger partial charge in [-0.25, -0.2) is 9.97 Å². The number of benzene rings is 1. The average Bonchev–Trinajstić information content (AvgIpc) is 2.81. The molecule has 1 N–H and O–H groups in total. The number of nitrogens with one attached hydrogen (secondary N) is 1. The lowest BCUT2D eigenvalue weighted by molar-refractivity contribution is 0.144. The molecule has 0 amide bonds. The summed E-state index contributed by atoms with van der Waals surface area (Å²) in [5.41, 5.74) is 3.08. The Morgan fingerprint density at radius 2 is 1.85 bits per heavy atom. The van der Waals surface area contributed by atoms with E-state index < -0.39 is 0 Å². The molecule has 0 saturated carbocycles. The van der Waals surface area contributed by atoms with Crippen LogP contribution < -0.4 is 15.6 Å². The molecule has 3 heterocycles. The first-order valence-electron chi connectivity index (χ1n) is 10.8. The average molecular weight is 446 g/mol. The van der Waals surface area contributed by atoms with Crippen molar-refractivity contribution in [1.82, 2.24) is 19.5 Å². The topological polar surface area (TPSA) is 91.2 Å². The minimum absolute atomic E-state index is 0.0368. The van der Waals surface area contributed by atoms with Crippen molar-refractivity contribution in [3.05, 3.63) is 82.4 Å². The predicted octanol–water partition coefficient (Wildman–Crippen LogP) is 4.13. The van der Waals surface area contributed by atoms with Crippen molar-refractivity contribution in [2.24, 2.45) is 0 Å². The Morgan fingerprint density at radius 3 is 2.55 bits per heavy atom. The molecule has 0 aliphatic heterocycles. The van der Waals surface area contributed by atoms with E-state index in [0.29, 0.717) is 42.8 Å². The van der Waals surface area contributed by atoms with E-state index in [1.54, 1.807) is 30.1 Å². The van der Waals surface area contributed by atoms with Gasteiger partial charge in [0.1, 0.15) is 12.3 Å². The molecule has 4 aromatic rings. The van der Waals surface area contributed by atoms with E-state index in [0.717, 1.165) is 16.5 Å². The van der Waals surface area contributed by atoms with E-state index in [2.05, 4.69) is 20.3 Å². The summed E-state index contributed by atoms with van der Waals surface area (Å²) >= 11 is 0. The fourth-order valence-corrected chi connectivity index (χ4v) is 3.56. The van der Waals surface area contributed by atoms with Gasteiger partial charge < -0.3 is 14.8 Å². The van der Waals surface area contributed by atoms with Gasteiger partial charge in [0.05, 0.1) is 18.5 Å². The fourth-order valence-electron chi connectivity index (χ4n) is 3.56. The van der Waals surface area contributed by atoms with Gasteiger partial charge in [-0.2, -0.15) is 4.98 Å². The highest BCUT2D eigenvalue weighted by Crippen LogP contribution is 2.20. The maximum atomic E-state index is 13.3. The SMILES string of the molecule is COCCOc1ccc(Nc2ncc3cc(Cc4ccccc4)c(=O)n(C(C)C)c3n2)cn1. The highest BCUT2D eigenvalue weighted by atomic mass is 16.5. The van der Waals surface area contributed by atoms with E-state index in [4.69, 9.17) is 9.47 Å². The fraction of sp³-hybridized carbons (Fsp3) is 0.280. The summed E-state index contributed by atoms with van der Waals surface area (Å²) in [5.74, 6) is 0.901. The number of ether oxygens (including phenoxy) is 2. The second-order valence-corrected chi connectivity index (χ2v) is 7.92. The Morgan fingerprint density at radius 1 is 1.03 bits per heavy atom. The summed E-state index contributed by atoms with van der Waals surface area (Å²) in [5, 5.41) is 3.97. The molecule has 0 atom stereocenters. The zero-order chi connectivity index (χ0) is 23.2. The molecule has 0 aliphatic carbocycles. The Bertz CT molecular complexity index is 1270. The van der Waals surface area contributed by atoms with Crippen LogP contribution in [0.4, 0.5) is 11.6 Å². The molecule has 0 aliphatic rings. The van der Waals surface area contributed by atoms with Crippen LogP contribution in [0.2, 0.25) is 0 Å². The third kappa shape index (κ3) is 5.35. The van der Waals surface area contributed by atoms with Crippen molar-refractivity contribution in [2.45, 2.75) is 26.3 Å². The van der Waals surface area contributed by atoms with Gasteiger partial charge in [-0.3, -0.25) is 9.36 Å². The number of fused-ring (bicyclic) bond motifs is 1. The normalized spacial score (nSPS) is 11.2. The molecule has 0 saturated heterocycles. The third-order valence-corrected chi connectivity index (χ3v) is 5.13. The highest BCUT2D eigenvalue weighted by molar-refractivity contribution is 5.76. The van der Waals surface area contributed by atoms with Crippen LogP contribution in [0, 0.1) is 0 Å². The summed E-state index contributed by atoms with van der Waals surface area (Å²) in [4.78, 5) is 26.7. The molecule has 0 fully saturated rings. The number of methoxy groups -OCH3 is 1. The van der Waals surface area contributed by atoms with Gasteiger partial charge in [0.15, 0.2) is 0 Å². The number of nitrogens with zero attached hydrogens (tertiary/aromatic N) is 4. The zero-order valence-corrected chi connectivity index (χ0v) is 19.0. The van der Waals surface area contributed by atoms with E-state index in [9.17, 15) is 4.79 Å². The maximum absolute atomic E-state index is 13.3. The Labute approximate surface area is 192 Å². The van der Waals surface area contributed by atoms with Crippen molar-refractivity contribution in [3.8, 4) is 5.88 Å². The van der Waals surface area contributed by atoms with Gasteiger partial charge in [-0.05, 0) is 31.5 Å². The van der Waals surface area contributed by atoms with E-state index in [1.807, 2.05) is 56.3 Å². The number of anilines is 2. The summed E-state index contributed by atoms with van der Waals surface area (Å²) in [6.07, 6.45) is 3.95. The molecular formula is C25H27N5O3. The monoisotopic (exact) mass is 445 g/mol. The van der Waals surface area contributed by atoms with Gasteiger partial charge >= 0.3 is 0 Å². The number of hydrogen-bond acceptors (Lipinski definition) is 7. The lowest BCUT2D eigenvalue weighted by Gasteiger charge is -2.16. The van der Waals surface area contributed by atoms with Crippen molar-refractivity contribution in [3.63, 3.8) is 0 Å². The van der Waals surface area contributed by atoms with Gasteiger partial charge in [-0.1, -0.05) is 30.3 Å². The van der Waals surface area contributed by atoms with Crippen molar-refractivity contribution in [2.75, 3.05) is 25.6 Å². The van der Waals surface area contributed by atoms with Crippen LogP contribution >= 0.6 is 0 Å². The summed E-state index contributed by atoms with van der Waals surface area (Å²) < 4.78 is 12.2. The zero-order valence-electron chi connectivity index (χ0n) is 19.0. The predicted molar refractivity (Wildman–Crippen MR) is 128 cm³/mol. The van der Waals surface area contributed by atoms with Crippen LogP contribution in [0.5, 0.6) is 5.88 Å². The molecule has 33 heavy (non-hydrogen) atoms. The van der Waals surface area contributed by atoms with Crippen LogP contribution in [0.1, 0.15) is 31.0 Å². The molecular weight excluding hydrogens is 418 g/mol. The lowest BCUT2D eigenvalue weighted by atomic mass is 10.1. The molecule has 3 aromatic heterocycles. The standard InChI is InChI=1S/C25H27N5O3/c1-17(2)30-23-20(14-19(24(30)31)13-18-7-5-4-6-8-18)15-27-25(29-23)28-21-9-10-22(26-16-21)33-12-11-32-3/h4-10,14-17H,11-13H2,1-3H3,(H,27,28,29). The number of pyridine rings is 2. The van der Waals surface area contributed by atoms with Crippen LogP contribution in [-0.2, 0) is 11.2 Å². The first kappa shape index (κ1) is 22.4. The molecule has 4 rings (SSSR count). The quantitative estimate of drug-likeness (QED) is 0.387. The molecule has 170 valence electrons. The molecule has 0 bridgehead atoms. The smallest absolute Gasteiger partial charge is 0.255 e. The maximum Gasteiger partial charge on any atom is 0.255 e.